The number of benzene rings is 1. The number of nitrogens with one attached hydrogen (secondary N) is 2. The maximum atomic E-state index is 12.6. The van der Waals surface area contributed by atoms with Crippen LogP contribution < -0.4 is 15.4 Å². The van der Waals surface area contributed by atoms with Gasteiger partial charge in [-0.25, -0.2) is 4.98 Å². The second-order valence-electron chi connectivity index (χ2n) is 5.45. The second kappa shape index (κ2) is 5.72. The third kappa shape index (κ3) is 2.75. The van der Waals surface area contributed by atoms with Gasteiger partial charge in [0, 0.05) is 11.9 Å². The van der Waals surface area contributed by atoms with Crippen molar-refractivity contribution in [1.82, 2.24) is 4.98 Å². The summed E-state index contributed by atoms with van der Waals surface area (Å²) in [5.74, 6) is -0.395. The van der Waals surface area contributed by atoms with Crippen LogP contribution in [0.1, 0.15) is 19.4 Å². The minimum absolute atomic E-state index is 0.316. The third-order valence-corrected chi connectivity index (χ3v) is 3.78. The molecule has 0 aliphatic carbocycles. The number of carbonyl (C=O) groups excluding carboxylic acids is 2. The Morgan fingerprint density at radius 3 is 2.96 bits per heavy atom. The number of carbonyl (C=O) groups is 2. The van der Waals surface area contributed by atoms with Crippen LogP contribution in [-0.4, -0.2) is 22.4 Å². The lowest BCUT2D eigenvalue weighted by atomic mass is 10.0. The highest BCUT2D eigenvalue weighted by Gasteiger charge is 2.47. The van der Waals surface area contributed by atoms with Crippen molar-refractivity contribution >= 4 is 23.3 Å². The highest BCUT2D eigenvalue weighted by atomic mass is 16.5. The maximum absolute atomic E-state index is 12.6. The van der Waals surface area contributed by atoms with Gasteiger partial charge in [-0.3, -0.25) is 9.59 Å². The number of ether oxygens (including phenoxy) is 1. The zero-order valence-corrected chi connectivity index (χ0v) is 12.9. The fraction of sp³-hybridized carbons (Fsp3) is 0.235. The van der Waals surface area contributed by atoms with Gasteiger partial charge in [0.15, 0.2) is 11.6 Å². The molecule has 6 nitrogen and oxygen atoms in total. The van der Waals surface area contributed by atoms with Crippen molar-refractivity contribution in [2.45, 2.75) is 25.9 Å². The van der Waals surface area contributed by atoms with E-state index in [0.717, 1.165) is 12.0 Å². The van der Waals surface area contributed by atoms with E-state index in [0.29, 0.717) is 17.3 Å². The Balaban J connectivity index is 1.85. The highest BCUT2D eigenvalue weighted by Crippen LogP contribution is 2.32. The van der Waals surface area contributed by atoms with Crippen LogP contribution in [0.15, 0.2) is 42.6 Å². The van der Waals surface area contributed by atoms with Crippen molar-refractivity contribution in [2.75, 3.05) is 10.6 Å². The number of rotatable bonds is 3. The molecule has 0 saturated heterocycles. The van der Waals surface area contributed by atoms with Crippen LogP contribution in [0.4, 0.5) is 11.5 Å². The number of nitrogens with zero attached hydrogens (tertiary/aromatic N) is 1. The lowest BCUT2D eigenvalue weighted by Gasteiger charge is -2.32. The van der Waals surface area contributed by atoms with E-state index in [9.17, 15) is 9.59 Å². The number of hydrogen-bond acceptors (Lipinski definition) is 4. The summed E-state index contributed by atoms with van der Waals surface area (Å²) in [6, 6.07) is 10.8. The summed E-state index contributed by atoms with van der Waals surface area (Å²) in [7, 11) is 0. The first-order chi connectivity index (χ1) is 11.0. The predicted molar refractivity (Wildman–Crippen MR) is 86.3 cm³/mol. The van der Waals surface area contributed by atoms with Crippen molar-refractivity contribution in [3.05, 3.63) is 48.2 Å². The standard InChI is InChI=1S/C17H17N3O3/c1-3-11-6-4-7-12(10-11)19-15(21)17(2)16(22)20-14-13(23-17)8-5-9-18-14/h4-10H,3H2,1-2H3,(H,19,21)(H,18,20,22). The summed E-state index contributed by atoms with van der Waals surface area (Å²) in [5.41, 5.74) is 0.0681. The number of hydrogen-bond donors (Lipinski definition) is 2. The Hall–Kier alpha value is -2.89. The summed E-state index contributed by atoms with van der Waals surface area (Å²) in [6.45, 7) is 3.47. The molecular weight excluding hydrogens is 294 g/mol. The molecule has 2 N–H and O–H groups in total. The SMILES string of the molecule is CCc1cccc(NC(=O)C2(C)Oc3cccnc3NC2=O)c1. The van der Waals surface area contributed by atoms with Crippen LogP contribution in [-0.2, 0) is 16.0 Å². The molecule has 0 spiro atoms. The fourth-order valence-electron chi connectivity index (χ4n) is 2.33. The fourth-order valence-corrected chi connectivity index (χ4v) is 2.33. The number of fused-ring (bicyclic) bond motifs is 1. The van der Waals surface area contributed by atoms with E-state index >= 15 is 0 Å². The molecule has 0 radical (unpaired) electrons. The average molecular weight is 311 g/mol. The van der Waals surface area contributed by atoms with Crippen LogP contribution in [0.2, 0.25) is 0 Å². The average Bonchev–Trinajstić information content (AvgIpc) is 2.56. The number of amides is 2. The Labute approximate surface area is 133 Å². The van der Waals surface area contributed by atoms with Gasteiger partial charge in [-0.15, -0.1) is 0 Å². The molecule has 23 heavy (non-hydrogen) atoms. The molecule has 1 aliphatic rings. The van der Waals surface area contributed by atoms with Gasteiger partial charge in [0.1, 0.15) is 0 Å². The van der Waals surface area contributed by atoms with Crippen molar-refractivity contribution < 1.29 is 14.3 Å². The van der Waals surface area contributed by atoms with Crippen LogP contribution in [0.25, 0.3) is 0 Å². The molecule has 2 aromatic rings. The Bertz CT molecular complexity index is 775. The molecule has 0 bridgehead atoms. The van der Waals surface area contributed by atoms with Crippen molar-refractivity contribution in [2.24, 2.45) is 0 Å². The van der Waals surface area contributed by atoms with Crippen molar-refractivity contribution in [1.29, 1.82) is 0 Å². The number of anilines is 2. The summed E-state index contributed by atoms with van der Waals surface area (Å²) < 4.78 is 5.64. The zero-order chi connectivity index (χ0) is 16.4. The zero-order valence-electron chi connectivity index (χ0n) is 12.9. The van der Waals surface area contributed by atoms with E-state index in [2.05, 4.69) is 15.6 Å². The molecule has 2 amide bonds. The predicted octanol–water partition coefficient (Wildman–Crippen LogP) is 2.37. The number of aromatic nitrogens is 1. The van der Waals surface area contributed by atoms with E-state index < -0.39 is 17.4 Å². The van der Waals surface area contributed by atoms with Gasteiger partial charge < -0.3 is 15.4 Å². The molecule has 118 valence electrons. The molecule has 1 aromatic carbocycles. The molecule has 3 rings (SSSR count). The molecule has 1 unspecified atom stereocenters. The van der Waals surface area contributed by atoms with E-state index in [1.54, 1.807) is 24.4 Å². The normalized spacial score (nSPS) is 19.3. The molecule has 6 heteroatoms. The molecule has 1 atom stereocenters. The van der Waals surface area contributed by atoms with Crippen LogP contribution in [0.5, 0.6) is 5.75 Å². The first-order valence-electron chi connectivity index (χ1n) is 7.39. The first-order valence-corrected chi connectivity index (χ1v) is 7.39. The second-order valence-corrected chi connectivity index (χ2v) is 5.45. The van der Waals surface area contributed by atoms with Gasteiger partial charge in [0.2, 0.25) is 0 Å². The molecular formula is C17H17N3O3. The summed E-state index contributed by atoms with van der Waals surface area (Å²) >= 11 is 0. The largest absolute Gasteiger partial charge is 0.464 e. The molecule has 2 heterocycles. The van der Waals surface area contributed by atoms with Gasteiger partial charge in [-0.2, -0.15) is 0 Å². The van der Waals surface area contributed by atoms with Crippen LogP contribution in [0, 0.1) is 0 Å². The monoisotopic (exact) mass is 311 g/mol. The third-order valence-electron chi connectivity index (χ3n) is 3.78. The van der Waals surface area contributed by atoms with E-state index in [4.69, 9.17) is 4.74 Å². The van der Waals surface area contributed by atoms with E-state index in [-0.39, 0.29) is 0 Å². The Kier molecular flexibility index (Phi) is 3.73. The molecule has 0 saturated carbocycles. The van der Waals surface area contributed by atoms with Gasteiger partial charge in [-0.05, 0) is 43.2 Å². The number of aryl methyl sites for hydroxylation is 1. The van der Waals surface area contributed by atoms with E-state index in [1.165, 1.54) is 6.92 Å². The Morgan fingerprint density at radius 1 is 1.35 bits per heavy atom. The lowest BCUT2D eigenvalue weighted by molar-refractivity contribution is -0.143. The summed E-state index contributed by atoms with van der Waals surface area (Å²) in [6.07, 6.45) is 2.40. The molecule has 1 aliphatic heterocycles. The van der Waals surface area contributed by atoms with Gasteiger partial charge in [0.25, 0.3) is 17.4 Å². The van der Waals surface area contributed by atoms with Crippen LogP contribution in [0.3, 0.4) is 0 Å². The smallest absolute Gasteiger partial charge is 0.279 e. The van der Waals surface area contributed by atoms with Gasteiger partial charge in [0.05, 0.1) is 0 Å². The Morgan fingerprint density at radius 2 is 2.17 bits per heavy atom. The van der Waals surface area contributed by atoms with Crippen molar-refractivity contribution in [3.63, 3.8) is 0 Å². The van der Waals surface area contributed by atoms with Gasteiger partial charge in [-0.1, -0.05) is 19.1 Å². The van der Waals surface area contributed by atoms with E-state index in [1.807, 2.05) is 25.1 Å². The number of pyridine rings is 1. The van der Waals surface area contributed by atoms with Crippen molar-refractivity contribution in [3.8, 4) is 5.75 Å². The quantitative estimate of drug-likeness (QED) is 0.853. The summed E-state index contributed by atoms with van der Waals surface area (Å²) in [5, 5.41) is 5.35. The maximum Gasteiger partial charge on any atom is 0.279 e. The summed E-state index contributed by atoms with van der Waals surface area (Å²) in [4.78, 5) is 28.9. The molecule has 0 fully saturated rings. The lowest BCUT2D eigenvalue weighted by Crippen LogP contribution is -2.56. The van der Waals surface area contributed by atoms with Gasteiger partial charge >= 0.3 is 0 Å². The topological polar surface area (TPSA) is 80.3 Å². The highest BCUT2D eigenvalue weighted by molar-refractivity contribution is 6.18. The minimum Gasteiger partial charge on any atom is -0.464 e. The van der Waals surface area contributed by atoms with Crippen LogP contribution >= 0.6 is 0 Å². The first kappa shape index (κ1) is 15.0. The molecule has 1 aromatic heterocycles. The minimum atomic E-state index is -1.65.